The van der Waals surface area contributed by atoms with Gasteiger partial charge in [-0.3, -0.25) is 9.59 Å². The third kappa shape index (κ3) is 7.69. The molecule has 0 aliphatic carbocycles. The first-order chi connectivity index (χ1) is 17.7. The van der Waals surface area contributed by atoms with E-state index in [2.05, 4.69) is 26.6 Å². The van der Waals surface area contributed by atoms with Gasteiger partial charge in [-0.2, -0.15) is 5.26 Å². The molecule has 3 rings (SSSR count). The molecule has 0 bridgehead atoms. The number of nitrogens with one attached hydrogen (secondary N) is 2. The van der Waals surface area contributed by atoms with Gasteiger partial charge in [0.2, 0.25) is 0 Å². The van der Waals surface area contributed by atoms with Gasteiger partial charge >= 0.3 is 0 Å². The van der Waals surface area contributed by atoms with E-state index in [0.717, 1.165) is 22.4 Å². The highest BCUT2D eigenvalue weighted by Gasteiger charge is 2.16. The Hall–Kier alpha value is -4.09. The lowest BCUT2D eigenvalue weighted by molar-refractivity contribution is -0.118. The Bertz CT molecular complexity index is 1380. The number of benzene rings is 3. The molecule has 0 aromatic heterocycles. The minimum Gasteiger partial charge on any atom is -0.490 e. The summed E-state index contributed by atoms with van der Waals surface area (Å²) in [4.78, 5) is 25.2. The molecule has 0 fully saturated rings. The summed E-state index contributed by atoms with van der Waals surface area (Å²) in [7, 11) is 0. The van der Waals surface area contributed by atoms with Crippen LogP contribution in [0.1, 0.15) is 29.2 Å². The van der Waals surface area contributed by atoms with E-state index in [0.29, 0.717) is 33.8 Å². The van der Waals surface area contributed by atoms with Crippen LogP contribution >= 0.6 is 15.9 Å². The molecule has 2 N–H and O–H groups in total. The number of halogens is 1. The Morgan fingerprint density at radius 2 is 1.68 bits per heavy atom. The highest BCUT2D eigenvalue weighted by molar-refractivity contribution is 9.10. The predicted octanol–water partition coefficient (Wildman–Crippen LogP) is 6.34. The molecule has 7 nitrogen and oxygen atoms in total. The monoisotopic (exact) mass is 561 g/mol. The van der Waals surface area contributed by atoms with Crippen LogP contribution < -0.4 is 20.1 Å². The van der Waals surface area contributed by atoms with Gasteiger partial charge in [-0.05, 0) is 91.2 Å². The van der Waals surface area contributed by atoms with Crippen LogP contribution in [0.3, 0.4) is 0 Å². The van der Waals surface area contributed by atoms with E-state index in [4.69, 9.17) is 9.47 Å². The summed E-state index contributed by atoms with van der Waals surface area (Å²) < 4.78 is 12.0. The number of hydrogen-bond acceptors (Lipinski definition) is 5. The minimum atomic E-state index is -0.524. The predicted molar refractivity (Wildman–Crippen MR) is 149 cm³/mol. The Morgan fingerprint density at radius 1 is 0.973 bits per heavy atom. The van der Waals surface area contributed by atoms with Crippen LogP contribution in [0.15, 0.2) is 64.6 Å². The van der Waals surface area contributed by atoms with E-state index in [9.17, 15) is 14.9 Å². The van der Waals surface area contributed by atoms with Crippen LogP contribution in [-0.2, 0) is 9.59 Å². The molecule has 8 heteroatoms. The van der Waals surface area contributed by atoms with Crippen molar-refractivity contribution in [2.24, 2.45) is 0 Å². The van der Waals surface area contributed by atoms with Crippen molar-refractivity contribution in [3.63, 3.8) is 0 Å². The van der Waals surface area contributed by atoms with E-state index in [-0.39, 0.29) is 18.1 Å². The zero-order valence-electron chi connectivity index (χ0n) is 21.1. The first-order valence-electron chi connectivity index (χ1n) is 11.7. The second kappa shape index (κ2) is 12.7. The van der Waals surface area contributed by atoms with Crippen molar-refractivity contribution in [2.75, 3.05) is 23.8 Å². The van der Waals surface area contributed by atoms with E-state index >= 15 is 0 Å². The molecule has 0 spiro atoms. The van der Waals surface area contributed by atoms with Gasteiger partial charge in [0.1, 0.15) is 11.6 Å². The zero-order chi connectivity index (χ0) is 26.9. The normalized spacial score (nSPS) is 10.9. The van der Waals surface area contributed by atoms with Crippen molar-refractivity contribution >= 4 is 45.2 Å². The summed E-state index contributed by atoms with van der Waals surface area (Å²) in [5, 5.41) is 15.2. The Balaban J connectivity index is 1.77. The Kier molecular flexibility index (Phi) is 9.47. The quantitative estimate of drug-likeness (QED) is 0.234. The van der Waals surface area contributed by atoms with E-state index in [1.807, 2.05) is 64.1 Å². The molecule has 0 saturated carbocycles. The third-order valence-electron chi connectivity index (χ3n) is 5.32. The molecule has 190 valence electrons. The fourth-order valence-electron chi connectivity index (χ4n) is 3.50. The lowest BCUT2D eigenvalue weighted by Gasteiger charge is -2.15. The highest BCUT2D eigenvalue weighted by Crippen LogP contribution is 2.37. The first-order valence-corrected chi connectivity index (χ1v) is 12.5. The number of nitrogens with zero attached hydrogens (tertiary/aromatic N) is 1. The molecule has 0 unspecified atom stereocenters. The number of carbonyl (C=O) groups excluding carboxylic acids is 2. The zero-order valence-corrected chi connectivity index (χ0v) is 22.7. The van der Waals surface area contributed by atoms with Crippen molar-refractivity contribution in [3.05, 3.63) is 86.9 Å². The molecular weight excluding hydrogens is 534 g/mol. The molecule has 3 aromatic rings. The average molecular weight is 562 g/mol. The lowest BCUT2D eigenvalue weighted by atomic mass is 10.1. The van der Waals surface area contributed by atoms with Crippen LogP contribution in [0.4, 0.5) is 11.4 Å². The molecule has 0 heterocycles. The molecule has 3 aromatic carbocycles. The van der Waals surface area contributed by atoms with Gasteiger partial charge in [-0.15, -0.1) is 0 Å². The summed E-state index contributed by atoms with van der Waals surface area (Å²) in [5.74, 6) is -0.121. The minimum absolute atomic E-state index is 0.0727. The maximum Gasteiger partial charge on any atom is 0.266 e. The fourth-order valence-corrected chi connectivity index (χ4v) is 4.08. The molecule has 37 heavy (non-hydrogen) atoms. The summed E-state index contributed by atoms with van der Waals surface area (Å²) in [5.41, 5.74) is 4.92. The van der Waals surface area contributed by atoms with E-state index in [1.165, 1.54) is 6.08 Å². The van der Waals surface area contributed by atoms with Crippen LogP contribution in [-0.4, -0.2) is 25.0 Å². The summed E-state index contributed by atoms with van der Waals surface area (Å²) in [6, 6.07) is 18.4. The number of aryl methyl sites for hydroxylation is 3. The number of rotatable bonds is 9. The Morgan fingerprint density at radius 3 is 2.32 bits per heavy atom. The van der Waals surface area contributed by atoms with Gasteiger partial charge in [0.25, 0.3) is 11.8 Å². The smallest absolute Gasteiger partial charge is 0.266 e. The molecule has 0 atom stereocenters. The van der Waals surface area contributed by atoms with Crippen LogP contribution in [0, 0.1) is 32.1 Å². The molecule has 2 amide bonds. The second-order valence-corrected chi connectivity index (χ2v) is 9.26. The molecular formula is C29H28BrN3O4. The summed E-state index contributed by atoms with van der Waals surface area (Å²) in [6.07, 6.45) is 1.47. The van der Waals surface area contributed by atoms with Gasteiger partial charge in [-0.25, -0.2) is 0 Å². The maximum atomic E-state index is 12.7. The third-order valence-corrected chi connectivity index (χ3v) is 5.91. The largest absolute Gasteiger partial charge is 0.490 e. The van der Waals surface area contributed by atoms with E-state index < -0.39 is 5.91 Å². The van der Waals surface area contributed by atoms with Gasteiger partial charge in [0.15, 0.2) is 18.1 Å². The number of amides is 2. The van der Waals surface area contributed by atoms with Crippen molar-refractivity contribution < 1.29 is 19.1 Å². The fraction of sp³-hybridized carbons (Fsp3) is 0.207. The van der Waals surface area contributed by atoms with Crippen molar-refractivity contribution in [3.8, 4) is 17.6 Å². The van der Waals surface area contributed by atoms with Crippen molar-refractivity contribution in [1.29, 1.82) is 5.26 Å². The molecule has 0 radical (unpaired) electrons. The summed E-state index contributed by atoms with van der Waals surface area (Å²) >= 11 is 3.46. The van der Waals surface area contributed by atoms with Gasteiger partial charge in [0, 0.05) is 11.4 Å². The highest BCUT2D eigenvalue weighted by atomic mass is 79.9. The number of hydrogen-bond donors (Lipinski definition) is 2. The second-order valence-electron chi connectivity index (χ2n) is 8.41. The van der Waals surface area contributed by atoms with Crippen LogP contribution in [0.5, 0.6) is 11.5 Å². The molecule has 0 saturated heterocycles. The maximum absolute atomic E-state index is 12.7. The SMILES string of the molecule is CCOc1cc(/C=C(/C#N)C(=O)Nc2ccc(C)cc2)cc(Br)c1OCC(=O)Nc1ccc(C)cc1C. The summed E-state index contributed by atoms with van der Waals surface area (Å²) in [6.45, 7) is 7.81. The Labute approximate surface area is 225 Å². The van der Waals surface area contributed by atoms with Gasteiger partial charge in [0.05, 0.1) is 11.1 Å². The van der Waals surface area contributed by atoms with Gasteiger partial charge < -0.3 is 20.1 Å². The number of ether oxygens (including phenoxy) is 2. The number of nitriles is 1. The van der Waals surface area contributed by atoms with E-state index in [1.54, 1.807) is 24.3 Å². The molecule has 0 aliphatic heterocycles. The average Bonchev–Trinajstić information content (AvgIpc) is 2.85. The number of anilines is 2. The van der Waals surface area contributed by atoms with Crippen molar-refractivity contribution in [1.82, 2.24) is 0 Å². The number of carbonyl (C=O) groups is 2. The lowest BCUT2D eigenvalue weighted by Crippen LogP contribution is -2.21. The first kappa shape index (κ1) is 27.5. The van der Waals surface area contributed by atoms with Crippen LogP contribution in [0.2, 0.25) is 0 Å². The molecule has 0 aliphatic rings. The van der Waals surface area contributed by atoms with Crippen LogP contribution in [0.25, 0.3) is 6.08 Å². The topological polar surface area (TPSA) is 100 Å². The standard InChI is InChI=1S/C29H28BrN3O4/c1-5-36-26-15-21(13-22(16-31)29(35)32-23-9-6-18(2)7-10-23)14-24(30)28(26)37-17-27(34)33-25-11-8-19(3)12-20(25)4/h6-15H,5,17H2,1-4H3,(H,32,35)(H,33,34)/b22-13-. The van der Waals surface area contributed by atoms with Gasteiger partial charge in [-0.1, -0.05) is 35.4 Å². The van der Waals surface area contributed by atoms with Crippen molar-refractivity contribution in [2.45, 2.75) is 27.7 Å².